The van der Waals surface area contributed by atoms with Crippen LogP contribution in [0.5, 0.6) is 0 Å². The van der Waals surface area contributed by atoms with Crippen molar-refractivity contribution in [1.82, 2.24) is 9.62 Å². The van der Waals surface area contributed by atoms with Crippen LogP contribution >= 0.6 is 0 Å². The van der Waals surface area contributed by atoms with E-state index in [-0.39, 0.29) is 11.4 Å². The van der Waals surface area contributed by atoms with Gasteiger partial charge in [-0.25, -0.2) is 13.1 Å². The highest BCUT2D eigenvalue weighted by molar-refractivity contribution is 7.89. The van der Waals surface area contributed by atoms with Crippen LogP contribution in [0.1, 0.15) is 31.4 Å². The quantitative estimate of drug-likeness (QED) is 0.711. The molecule has 1 atom stereocenters. The molecule has 1 heterocycles. The third-order valence-electron chi connectivity index (χ3n) is 3.94. The van der Waals surface area contributed by atoms with Crippen molar-refractivity contribution >= 4 is 21.7 Å². The van der Waals surface area contributed by atoms with Gasteiger partial charge in [-0.2, -0.15) is 0 Å². The molecule has 1 aliphatic rings. The minimum atomic E-state index is -3.63. The molecule has 8 heteroatoms. The summed E-state index contributed by atoms with van der Waals surface area (Å²) in [7, 11) is -3.63. The summed E-state index contributed by atoms with van der Waals surface area (Å²) in [5, 5.41) is 9.20. The van der Waals surface area contributed by atoms with Gasteiger partial charge in [-0.05, 0) is 43.0 Å². The summed E-state index contributed by atoms with van der Waals surface area (Å²) in [6.07, 6.45) is 0.276. The van der Waals surface area contributed by atoms with Gasteiger partial charge in [0.25, 0.3) is 5.91 Å². The third kappa shape index (κ3) is 4.40. The summed E-state index contributed by atoms with van der Waals surface area (Å²) in [5.74, 6) is -1.02. The average Bonchev–Trinajstić information content (AvgIpc) is 2.52. The molecule has 1 amide bonds. The second-order valence-electron chi connectivity index (χ2n) is 6.00. The first-order valence-electron chi connectivity index (χ1n) is 7.80. The summed E-state index contributed by atoms with van der Waals surface area (Å²) in [5.41, 5.74) is 1.71. The van der Waals surface area contributed by atoms with E-state index in [0.29, 0.717) is 25.9 Å². The summed E-state index contributed by atoms with van der Waals surface area (Å²) in [6, 6.07) is 4.78. The monoisotopic (exact) mass is 354 g/mol. The van der Waals surface area contributed by atoms with Crippen LogP contribution in [0.25, 0.3) is 0 Å². The number of carbonyl (C=O) groups excluding carboxylic acids is 2. The summed E-state index contributed by atoms with van der Waals surface area (Å²) < 4.78 is 27.0. The molecule has 0 saturated carbocycles. The minimum Gasteiger partial charge on any atom is -0.393 e. The normalized spacial score (nSPS) is 15.7. The molecule has 0 aliphatic carbocycles. The lowest BCUT2D eigenvalue weighted by molar-refractivity contribution is -0.144. The maximum absolute atomic E-state index is 12.3. The Balaban J connectivity index is 2.13. The Bertz CT molecular complexity index is 743. The molecule has 24 heavy (non-hydrogen) atoms. The molecule has 1 aliphatic heterocycles. The van der Waals surface area contributed by atoms with E-state index in [1.165, 1.54) is 17.9 Å². The molecule has 0 spiro atoms. The van der Waals surface area contributed by atoms with Crippen molar-refractivity contribution < 1.29 is 23.1 Å². The lowest BCUT2D eigenvalue weighted by Gasteiger charge is -2.28. The number of fused-ring (bicyclic) bond motifs is 1. The van der Waals surface area contributed by atoms with Gasteiger partial charge in [0.2, 0.25) is 15.8 Å². The number of hydrogen-bond donors (Lipinski definition) is 2. The van der Waals surface area contributed by atoms with Crippen molar-refractivity contribution in [1.29, 1.82) is 0 Å². The molecule has 0 radical (unpaired) electrons. The number of rotatable bonds is 6. The first kappa shape index (κ1) is 18.6. The minimum absolute atomic E-state index is 0.165. The number of hydrogen-bond acceptors (Lipinski definition) is 5. The van der Waals surface area contributed by atoms with Crippen LogP contribution in [0.15, 0.2) is 23.1 Å². The van der Waals surface area contributed by atoms with E-state index in [1.54, 1.807) is 19.1 Å². The van der Waals surface area contributed by atoms with Gasteiger partial charge in [0, 0.05) is 26.6 Å². The third-order valence-corrected chi connectivity index (χ3v) is 5.40. The van der Waals surface area contributed by atoms with Crippen molar-refractivity contribution in [3.8, 4) is 0 Å². The molecule has 0 aromatic heterocycles. The highest BCUT2D eigenvalue weighted by Gasteiger charge is 2.24. The van der Waals surface area contributed by atoms with Crippen LogP contribution < -0.4 is 4.72 Å². The largest absolute Gasteiger partial charge is 0.393 e. The fraction of sp³-hybridized carbons (Fsp3) is 0.500. The Morgan fingerprint density at radius 3 is 2.67 bits per heavy atom. The molecule has 2 N–H and O–H groups in total. The van der Waals surface area contributed by atoms with Crippen LogP contribution in [-0.2, 0) is 32.6 Å². The zero-order valence-electron chi connectivity index (χ0n) is 13.8. The molecule has 7 nitrogen and oxygen atoms in total. The van der Waals surface area contributed by atoms with Gasteiger partial charge in [0.15, 0.2) is 0 Å². The molecule has 1 aromatic rings. The van der Waals surface area contributed by atoms with Crippen LogP contribution in [0.4, 0.5) is 0 Å². The molecule has 132 valence electrons. The highest BCUT2D eigenvalue weighted by Crippen LogP contribution is 2.22. The lowest BCUT2D eigenvalue weighted by atomic mass is 9.99. The number of ketones is 1. The first-order chi connectivity index (χ1) is 11.2. The van der Waals surface area contributed by atoms with Gasteiger partial charge in [-0.1, -0.05) is 6.07 Å². The van der Waals surface area contributed by atoms with Crippen LogP contribution in [0, 0.1) is 0 Å². The fourth-order valence-electron chi connectivity index (χ4n) is 2.58. The van der Waals surface area contributed by atoms with E-state index in [4.69, 9.17) is 0 Å². The molecule has 1 aromatic carbocycles. The topological polar surface area (TPSA) is 104 Å². The Morgan fingerprint density at radius 1 is 1.33 bits per heavy atom. The second-order valence-corrected chi connectivity index (χ2v) is 7.77. The van der Waals surface area contributed by atoms with Gasteiger partial charge < -0.3 is 10.0 Å². The standard InChI is InChI=1S/C16H22N2O5S/c1-11(19)5-7-17-24(22,23)15-4-3-14-10-18(16(21)12(2)20)8-6-13(14)9-15/h3-4,9,11,17,19H,5-8,10H2,1-2H3/t11-/m1/s1. The maximum atomic E-state index is 12.3. The number of nitrogens with one attached hydrogen (secondary N) is 1. The zero-order chi connectivity index (χ0) is 17.9. The number of aliphatic hydroxyl groups excluding tert-OH is 1. The Hall–Kier alpha value is -1.77. The molecule has 0 bridgehead atoms. The first-order valence-corrected chi connectivity index (χ1v) is 9.28. The van der Waals surface area contributed by atoms with Gasteiger partial charge in [0.05, 0.1) is 11.0 Å². The van der Waals surface area contributed by atoms with E-state index in [2.05, 4.69) is 4.72 Å². The van der Waals surface area contributed by atoms with E-state index >= 15 is 0 Å². The number of aliphatic hydroxyl groups is 1. The van der Waals surface area contributed by atoms with Crippen molar-refractivity contribution in [2.75, 3.05) is 13.1 Å². The molecular formula is C16H22N2O5S. The number of sulfonamides is 1. The van der Waals surface area contributed by atoms with Crippen molar-refractivity contribution in [2.45, 2.75) is 44.2 Å². The van der Waals surface area contributed by atoms with E-state index in [0.717, 1.165) is 11.1 Å². The molecule has 0 unspecified atom stereocenters. The Kier molecular flexibility index (Phi) is 5.74. The smallest absolute Gasteiger partial charge is 0.289 e. The molecule has 0 fully saturated rings. The lowest BCUT2D eigenvalue weighted by Crippen LogP contribution is -2.39. The molecule has 0 saturated heterocycles. The Labute approximate surface area is 141 Å². The molecule has 2 rings (SSSR count). The maximum Gasteiger partial charge on any atom is 0.289 e. The van der Waals surface area contributed by atoms with Crippen LogP contribution in [0.2, 0.25) is 0 Å². The number of benzene rings is 1. The van der Waals surface area contributed by atoms with Crippen LogP contribution in [-0.4, -0.2) is 49.3 Å². The summed E-state index contributed by atoms with van der Waals surface area (Å²) in [4.78, 5) is 24.6. The summed E-state index contributed by atoms with van der Waals surface area (Å²) in [6.45, 7) is 3.71. The second kappa shape index (κ2) is 7.42. The van der Waals surface area contributed by atoms with Gasteiger partial charge >= 0.3 is 0 Å². The van der Waals surface area contributed by atoms with Crippen molar-refractivity contribution in [3.63, 3.8) is 0 Å². The highest BCUT2D eigenvalue weighted by atomic mass is 32.2. The van der Waals surface area contributed by atoms with Gasteiger partial charge in [-0.15, -0.1) is 0 Å². The predicted octanol–water partition coefficient (Wildman–Crippen LogP) is 0.210. The predicted molar refractivity (Wildman–Crippen MR) is 87.7 cm³/mol. The SMILES string of the molecule is CC(=O)C(=O)N1CCc2cc(S(=O)(=O)NCC[C@@H](C)O)ccc2C1. The van der Waals surface area contributed by atoms with Gasteiger partial charge in [0.1, 0.15) is 0 Å². The summed E-state index contributed by atoms with van der Waals surface area (Å²) >= 11 is 0. The van der Waals surface area contributed by atoms with Crippen molar-refractivity contribution in [2.24, 2.45) is 0 Å². The number of Topliss-reactive ketones (excluding diaryl/α,β-unsaturated/α-hetero) is 1. The Morgan fingerprint density at radius 2 is 2.04 bits per heavy atom. The zero-order valence-corrected chi connectivity index (χ0v) is 14.6. The van der Waals surface area contributed by atoms with E-state index in [9.17, 15) is 23.1 Å². The van der Waals surface area contributed by atoms with Crippen LogP contribution in [0.3, 0.4) is 0 Å². The van der Waals surface area contributed by atoms with E-state index < -0.39 is 27.8 Å². The number of carbonyl (C=O) groups is 2. The fourth-order valence-corrected chi connectivity index (χ4v) is 3.68. The number of amides is 1. The van der Waals surface area contributed by atoms with Crippen molar-refractivity contribution in [3.05, 3.63) is 29.3 Å². The van der Waals surface area contributed by atoms with Gasteiger partial charge in [-0.3, -0.25) is 9.59 Å². The average molecular weight is 354 g/mol. The number of nitrogens with zero attached hydrogens (tertiary/aromatic N) is 1. The molecular weight excluding hydrogens is 332 g/mol. The van der Waals surface area contributed by atoms with E-state index in [1.807, 2.05) is 0 Å².